The number of nitrogens with zero attached hydrogens (tertiary/aromatic N) is 1. The van der Waals surface area contributed by atoms with Crippen LogP contribution in [0.15, 0.2) is 18.2 Å². The summed E-state index contributed by atoms with van der Waals surface area (Å²) in [5, 5.41) is 2.78. The van der Waals surface area contributed by atoms with Crippen molar-refractivity contribution in [1.82, 2.24) is 10.2 Å². The Morgan fingerprint density at radius 1 is 1.53 bits per heavy atom. The Hall–Kier alpha value is -2.04. The van der Waals surface area contributed by atoms with Crippen LogP contribution in [0.3, 0.4) is 0 Å². The van der Waals surface area contributed by atoms with Crippen molar-refractivity contribution in [1.29, 1.82) is 0 Å². The minimum Gasteiger partial charge on any atom is -0.398 e. The number of nitrogens with one attached hydrogen (secondary N) is 1. The lowest BCUT2D eigenvalue weighted by Gasteiger charge is -2.34. The van der Waals surface area contributed by atoms with E-state index < -0.39 is 6.04 Å². The van der Waals surface area contributed by atoms with Crippen molar-refractivity contribution in [2.45, 2.75) is 26.3 Å². The van der Waals surface area contributed by atoms with E-state index in [1.807, 2.05) is 19.9 Å². The monoisotopic (exact) mass is 261 g/mol. The number of carbonyl (C=O) groups excluding carboxylic acids is 2. The number of hydrogen-bond acceptors (Lipinski definition) is 3. The average molecular weight is 261 g/mol. The smallest absolute Gasteiger partial charge is 0.256 e. The van der Waals surface area contributed by atoms with E-state index in [4.69, 9.17) is 5.73 Å². The van der Waals surface area contributed by atoms with Crippen molar-refractivity contribution in [3.8, 4) is 0 Å². The molecule has 0 bridgehead atoms. The average Bonchev–Trinajstić information content (AvgIpc) is 2.37. The Bertz CT molecular complexity index is 513. The number of amides is 2. The van der Waals surface area contributed by atoms with Gasteiger partial charge in [0.15, 0.2) is 0 Å². The molecule has 0 radical (unpaired) electrons. The maximum atomic E-state index is 12.5. The van der Waals surface area contributed by atoms with Crippen molar-refractivity contribution < 1.29 is 9.59 Å². The number of aryl methyl sites for hydroxylation is 1. The van der Waals surface area contributed by atoms with Gasteiger partial charge >= 0.3 is 0 Å². The molecule has 1 aliphatic heterocycles. The minimum absolute atomic E-state index is 0.0900. The minimum atomic E-state index is -0.401. The van der Waals surface area contributed by atoms with Gasteiger partial charge in [-0.05, 0) is 31.0 Å². The van der Waals surface area contributed by atoms with E-state index in [-0.39, 0.29) is 11.8 Å². The van der Waals surface area contributed by atoms with Gasteiger partial charge in [-0.25, -0.2) is 0 Å². The number of nitrogen functional groups attached to an aromatic ring is 1. The molecule has 0 spiro atoms. The van der Waals surface area contributed by atoms with Gasteiger partial charge in [-0.1, -0.05) is 13.0 Å². The first-order valence-electron chi connectivity index (χ1n) is 6.49. The molecule has 1 aliphatic rings. The quantitative estimate of drug-likeness (QED) is 0.778. The fourth-order valence-corrected chi connectivity index (χ4v) is 2.40. The van der Waals surface area contributed by atoms with E-state index in [0.717, 1.165) is 5.56 Å². The van der Waals surface area contributed by atoms with E-state index in [0.29, 0.717) is 30.8 Å². The molecule has 1 fully saturated rings. The van der Waals surface area contributed by atoms with Crippen LogP contribution in [0.1, 0.15) is 29.3 Å². The summed E-state index contributed by atoms with van der Waals surface area (Å²) in [5.74, 6) is -0.257. The van der Waals surface area contributed by atoms with Gasteiger partial charge in [0, 0.05) is 18.8 Å². The predicted molar refractivity (Wildman–Crippen MR) is 73.7 cm³/mol. The van der Waals surface area contributed by atoms with Gasteiger partial charge in [0.05, 0.1) is 5.56 Å². The number of piperazine rings is 1. The first kappa shape index (κ1) is 13.4. The molecule has 19 heavy (non-hydrogen) atoms. The number of hydrogen-bond donors (Lipinski definition) is 2. The van der Waals surface area contributed by atoms with E-state index in [9.17, 15) is 9.59 Å². The Kier molecular flexibility index (Phi) is 3.74. The van der Waals surface area contributed by atoms with Gasteiger partial charge in [0.25, 0.3) is 5.91 Å². The van der Waals surface area contributed by atoms with Crippen LogP contribution in [0, 0.1) is 6.92 Å². The number of benzene rings is 1. The highest BCUT2D eigenvalue weighted by atomic mass is 16.2. The summed E-state index contributed by atoms with van der Waals surface area (Å²) in [5.41, 5.74) is 7.85. The summed E-state index contributed by atoms with van der Waals surface area (Å²) in [6.45, 7) is 4.84. The molecule has 5 nitrogen and oxygen atoms in total. The molecule has 2 rings (SSSR count). The third-order valence-corrected chi connectivity index (χ3v) is 3.42. The molecular weight excluding hydrogens is 242 g/mol. The number of carbonyl (C=O) groups is 2. The molecule has 1 atom stereocenters. The lowest BCUT2D eigenvalue weighted by molar-refractivity contribution is -0.127. The highest BCUT2D eigenvalue weighted by Gasteiger charge is 2.32. The van der Waals surface area contributed by atoms with Crippen molar-refractivity contribution in [2.24, 2.45) is 0 Å². The summed E-state index contributed by atoms with van der Waals surface area (Å²) in [4.78, 5) is 25.9. The van der Waals surface area contributed by atoms with Crippen LogP contribution < -0.4 is 11.1 Å². The summed E-state index contributed by atoms with van der Waals surface area (Å²) in [6.07, 6.45) is 0.601. The molecule has 0 saturated carbocycles. The van der Waals surface area contributed by atoms with Crippen LogP contribution >= 0.6 is 0 Å². The molecule has 102 valence electrons. The molecule has 1 saturated heterocycles. The maximum absolute atomic E-state index is 12.5. The molecule has 1 aromatic carbocycles. The molecule has 1 heterocycles. The molecule has 3 N–H and O–H groups in total. The summed E-state index contributed by atoms with van der Waals surface area (Å²) < 4.78 is 0. The Balaban J connectivity index is 2.29. The molecule has 2 amide bonds. The van der Waals surface area contributed by atoms with Crippen molar-refractivity contribution in [3.05, 3.63) is 29.3 Å². The molecule has 5 heteroatoms. The third-order valence-electron chi connectivity index (χ3n) is 3.42. The van der Waals surface area contributed by atoms with Gasteiger partial charge in [-0.2, -0.15) is 0 Å². The van der Waals surface area contributed by atoms with E-state index in [1.165, 1.54) is 0 Å². The Morgan fingerprint density at radius 3 is 2.89 bits per heavy atom. The zero-order valence-corrected chi connectivity index (χ0v) is 11.3. The fourth-order valence-electron chi connectivity index (χ4n) is 2.40. The van der Waals surface area contributed by atoms with Gasteiger partial charge < -0.3 is 16.0 Å². The van der Waals surface area contributed by atoms with Crippen molar-refractivity contribution in [2.75, 3.05) is 18.8 Å². The number of rotatable bonds is 2. The number of anilines is 1. The molecule has 1 aromatic rings. The first-order chi connectivity index (χ1) is 9.04. The SMILES string of the molecule is CCC1C(=O)NCCN1C(=O)c1ccc(C)cc1N. The maximum Gasteiger partial charge on any atom is 0.256 e. The Morgan fingerprint density at radius 2 is 2.26 bits per heavy atom. The molecule has 0 aliphatic carbocycles. The van der Waals surface area contributed by atoms with Crippen LogP contribution in [0.25, 0.3) is 0 Å². The molecule has 0 aromatic heterocycles. The highest BCUT2D eigenvalue weighted by molar-refractivity contribution is 6.02. The molecular formula is C14H19N3O2. The molecule has 1 unspecified atom stereocenters. The first-order valence-corrected chi connectivity index (χ1v) is 6.49. The van der Waals surface area contributed by atoms with Gasteiger partial charge in [-0.3, -0.25) is 9.59 Å². The van der Waals surface area contributed by atoms with Crippen LogP contribution in [-0.2, 0) is 4.79 Å². The second kappa shape index (κ2) is 5.30. The van der Waals surface area contributed by atoms with Gasteiger partial charge in [0.2, 0.25) is 5.91 Å². The van der Waals surface area contributed by atoms with Crippen molar-refractivity contribution in [3.63, 3.8) is 0 Å². The Labute approximate surface area is 112 Å². The number of nitrogens with two attached hydrogens (primary N) is 1. The van der Waals surface area contributed by atoms with Crippen molar-refractivity contribution >= 4 is 17.5 Å². The van der Waals surface area contributed by atoms with Crippen LogP contribution in [-0.4, -0.2) is 35.8 Å². The summed E-state index contributed by atoms with van der Waals surface area (Å²) in [6, 6.07) is 4.96. The topological polar surface area (TPSA) is 75.4 Å². The lowest BCUT2D eigenvalue weighted by Crippen LogP contribution is -2.57. The van der Waals surface area contributed by atoms with Gasteiger partial charge in [0.1, 0.15) is 6.04 Å². The third kappa shape index (κ3) is 2.54. The van der Waals surface area contributed by atoms with Crippen LogP contribution in [0.4, 0.5) is 5.69 Å². The fraction of sp³-hybridized carbons (Fsp3) is 0.429. The van der Waals surface area contributed by atoms with Gasteiger partial charge in [-0.15, -0.1) is 0 Å². The normalized spacial score (nSPS) is 19.2. The zero-order chi connectivity index (χ0) is 14.0. The lowest BCUT2D eigenvalue weighted by atomic mass is 10.0. The van der Waals surface area contributed by atoms with E-state index in [2.05, 4.69) is 5.32 Å². The van der Waals surface area contributed by atoms with Crippen LogP contribution in [0.2, 0.25) is 0 Å². The largest absolute Gasteiger partial charge is 0.398 e. The second-order valence-corrected chi connectivity index (χ2v) is 4.80. The summed E-state index contributed by atoms with van der Waals surface area (Å²) >= 11 is 0. The van der Waals surface area contributed by atoms with Crippen LogP contribution in [0.5, 0.6) is 0 Å². The zero-order valence-electron chi connectivity index (χ0n) is 11.3. The predicted octanol–water partition coefficient (Wildman–Crippen LogP) is 0.928. The highest BCUT2D eigenvalue weighted by Crippen LogP contribution is 2.19. The second-order valence-electron chi connectivity index (χ2n) is 4.80. The van der Waals surface area contributed by atoms with E-state index >= 15 is 0 Å². The summed E-state index contributed by atoms with van der Waals surface area (Å²) in [7, 11) is 0. The van der Waals surface area contributed by atoms with E-state index in [1.54, 1.807) is 17.0 Å². The standard InChI is InChI=1S/C14H19N3O2/c1-3-12-13(18)16-6-7-17(12)14(19)10-5-4-9(2)8-11(10)15/h4-5,8,12H,3,6-7,15H2,1-2H3,(H,16,18).